The quantitative estimate of drug-likeness (QED) is 0.724. The molecule has 4 nitrogen and oxygen atoms in total. The van der Waals surface area contributed by atoms with E-state index in [-0.39, 0.29) is 12.1 Å². The second-order valence-electron chi connectivity index (χ2n) is 5.34. The summed E-state index contributed by atoms with van der Waals surface area (Å²) in [5.74, 6) is -4.57. The SMILES string of the molecule is NC(c1c(OC(F)(F)F)cc(OC(F)(F)F)cc1OC(F)(F)F)C1CC1. The predicted octanol–water partition coefficient (Wildman–Crippen LogP) is 4.79. The Balaban J connectivity index is 2.58. The molecular formula is C13H10F9NO3. The van der Waals surface area contributed by atoms with Crippen molar-refractivity contribution in [1.82, 2.24) is 0 Å². The molecule has 2 rings (SSSR count). The minimum atomic E-state index is -5.40. The standard InChI is InChI=1S/C13H10F9NO3/c14-11(15,16)24-6-3-7(25-12(17,18)19)9(10(23)5-1-2-5)8(4-6)26-13(20,21)22/h3-5,10H,1-2,23H2. The summed E-state index contributed by atoms with van der Waals surface area (Å²) in [6.07, 6.45) is -15.3. The summed E-state index contributed by atoms with van der Waals surface area (Å²) in [4.78, 5) is 0. The number of ether oxygens (including phenoxy) is 3. The minimum Gasteiger partial charge on any atom is -0.406 e. The highest BCUT2D eigenvalue weighted by molar-refractivity contribution is 5.53. The van der Waals surface area contributed by atoms with Crippen LogP contribution < -0.4 is 19.9 Å². The van der Waals surface area contributed by atoms with Crippen LogP contribution in [0.25, 0.3) is 0 Å². The van der Waals surface area contributed by atoms with Gasteiger partial charge in [0, 0.05) is 18.2 Å². The molecule has 1 saturated carbocycles. The van der Waals surface area contributed by atoms with Crippen LogP contribution in [0, 0.1) is 5.92 Å². The van der Waals surface area contributed by atoms with E-state index in [0.29, 0.717) is 12.8 Å². The maximum atomic E-state index is 12.6. The first-order valence-electron chi connectivity index (χ1n) is 6.85. The van der Waals surface area contributed by atoms with E-state index in [0.717, 1.165) is 0 Å². The third kappa shape index (κ3) is 6.04. The van der Waals surface area contributed by atoms with Crippen LogP contribution in [0.4, 0.5) is 39.5 Å². The molecule has 1 atom stereocenters. The smallest absolute Gasteiger partial charge is 0.406 e. The highest BCUT2D eigenvalue weighted by Gasteiger charge is 2.41. The zero-order valence-corrected chi connectivity index (χ0v) is 12.4. The van der Waals surface area contributed by atoms with Crippen LogP contribution in [0.15, 0.2) is 12.1 Å². The maximum Gasteiger partial charge on any atom is 0.573 e. The van der Waals surface area contributed by atoms with Gasteiger partial charge in [-0.1, -0.05) is 0 Å². The molecule has 1 aromatic rings. The highest BCUT2D eigenvalue weighted by Crippen LogP contribution is 2.49. The van der Waals surface area contributed by atoms with E-state index in [9.17, 15) is 39.5 Å². The molecule has 0 saturated heterocycles. The normalized spacial score (nSPS) is 17.0. The lowest BCUT2D eigenvalue weighted by atomic mass is 10.0. The summed E-state index contributed by atoms with van der Waals surface area (Å²) in [5.41, 5.74) is 4.81. The second-order valence-corrected chi connectivity index (χ2v) is 5.34. The Labute approximate surface area is 139 Å². The van der Waals surface area contributed by atoms with Crippen molar-refractivity contribution in [2.24, 2.45) is 11.7 Å². The lowest BCUT2D eigenvalue weighted by molar-refractivity contribution is -0.278. The van der Waals surface area contributed by atoms with Gasteiger partial charge in [0.2, 0.25) is 0 Å². The lowest BCUT2D eigenvalue weighted by Crippen LogP contribution is -2.25. The first kappa shape index (κ1) is 20.3. The van der Waals surface area contributed by atoms with Gasteiger partial charge in [-0.05, 0) is 18.8 Å². The van der Waals surface area contributed by atoms with Crippen molar-refractivity contribution in [3.8, 4) is 17.2 Å². The van der Waals surface area contributed by atoms with Gasteiger partial charge in [0.15, 0.2) is 0 Å². The van der Waals surface area contributed by atoms with Gasteiger partial charge in [-0.25, -0.2) is 0 Å². The van der Waals surface area contributed by atoms with Crippen LogP contribution >= 0.6 is 0 Å². The largest absolute Gasteiger partial charge is 0.573 e. The van der Waals surface area contributed by atoms with Crippen LogP contribution in [0.3, 0.4) is 0 Å². The van der Waals surface area contributed by atoms with Gasteiger partial charge in [0.25, 0.3) is 0 Å². The monoisotopic (exact) mass is 399 g/mol. The number of nitrogens with two attached hydrogens (primary N) is 1. The number of rotatable bonds is 5. The number of alkyl halides is 9. The molecule has 1 aliphatic carbocycles. The van der Waals surface area contributed by atoms with E-state index in [4.69, 9.17) is 5.73 Å². The maximum absolute atomic E-state index is 12.6. The Kier molecular flexibility index (Phi) is 5.14. The molecule has 26 heavy (non-hydrogen) atoms. The molecule has 0 spiro atoms. The van der Waals surface area contributed by atoms with Crippen LogP contribution in [0.2, 0.25) is 0 Å². The van der Waals surface area contributed by atoms with Gasteiger partial charge in [0.1, 0.15) is 17.2 Å². The molecule has 0 aliphatic heterocycles. The summed E-state index contributed by atoms with van der Waals surface area (Å²) < 4.78 is 123. The first-order chi connectivity index (χ1) is 11.6. The number of hydrogen-bond donors (Lipinski definition) is 1. The molecule has 1 aliphatic rings. The van der Waals surface area contributed by atoms with Crippen LogP contribution in [0.5, 0.6) is 17.2 Å². The average molecular weight is 399 g/mol. The van der Waals surface area contributed by atoms with E-state index in [2.05, 4.69) is 14.2 Å². The Hall–Kier alpha value is -2.05. The first-order valence-corrected chi connectivity index (χ1v) is 6.85. The van der Waals surface area contributed by atoms with Crippen molar-refractivity contribution >= 4 is 0 Å². The van der Waals surface area contributed by atoms with Crippen LogP contribution in [0.1, 0.15) is 24.4 Å². The average Bonchev–Trinajstić information content (AvgIpc) is 3.15. The lowest BCUT2D eigenvalue weighted by Gasteiger charge is -2.23. The third-order valence-electron chi connectivity index (χ3n) is 3.23. The van der Waals surface area contributed by atoms with E-state index in [1.807, 2.05) is 0 Å². The van der Waals surface area contributed by atoms with Gasteiger partial charge in [-0.3, -0.25) is 0 Å². The number of benzene rings is 1. The Bertz CT molecular complexity index is 613. The Morgan fingerprint density at radius 1 is 0.769 bits per heavy atom. The molecule has 13 heteroatoms. The summed E-state index contributed by atoms with van der Waals surface area (Å²) in [6.45, 7) is 0. The van der Waals surface area contributed by atoms with Crippen molar-refractivity contribution in [1.29, 1.82) is 0 Å². The summed E-state index contributed by atoms with van der Waals surface area (Å²) in [5, 5.41) is 0. The predicted molar refractivity (Wildman–Crippen MR) is 66.1 cm³/mol. The molecule has 1 aromatic carbocycles. The van der Waals surface area contributed by atoms with E-state index >= 15 is 0 Å². The molecule has 2 N–H and O–H groups in total. The Morgan fingerprint density at radius 2 is 1.15 bits per heavy atom. The van der Waals surface area contributed by atoms with Gasteiger partial charge in [0.05, 0.1) is 5.56 Å². The summed E-state index contributed by atoms with van der Waals surface area (Å²) >= 11 is 0. The topological polar surface area (TPSA) is 53.7 Å². The minimum absolute atomic E-state index is 0.155. The van der Waals surface area contributed by atoms with Crippen LogP contribution in [-0.4, -0.2) is 19.1 Å². The number of hydrogen-bond acceptors (Lipinski definition) is 4. The van der Waals surface area contributed by atoms with Crippen molar-refractivity contribution < 1.29 is 53.7 Å². The van der Waals surface area contributed by atoms with Crippen LogP contribution in [-0.2, 0) is 0 Å². The fraction of sp³-hybridized carbons (Fsp3) is 0.538. The molecule has 0 radical (unpaired) electrons. The van der Waals surface area contributed by atoms with Gasteiger partial charge >= 0.3 is 19.1 Å². The summed E-state index contributed by atoms with van der Waals surface area (Å²) in [7, 11) is 0. The molecule has 148 valence electrons. The zero-order valence-electron chi connectivity index (χ0n) is 12.4. The zero-order chi connectivity index (χ0) is 19.9. The van der Waals surface area contributed by atoms with Crippen molar-refractivity contribution in [2.75, 3.05) is 0 Å². The van der Waals surface area contributed by atoms with E-state index in [1.54, 1.807) is 0 Å². The van der Waals surface area contributed by atoms with Crippen molar-refractivity contribution in [3.05, 3.63) is 17.7 Å². The molecular weight excluding hydrogens is 389 g/mol. The van der Waals surface area contributed by atoms with Crippen molar-refractivity contribution in [3.63, 3.8) is 0 Å². The second kappa shape index (κ2) is 6.59. The van der Waals surface area contributed by atoms with Gasteiger partial charge in [-0.2, -0.15) is 0 Å². The molecule has 1 fully saturated rings. The molecule has 0 amide bonds. The molecule has 0 heterocycles. The van der Waals surface area contributed by atoms with E-state index in [1.165, 1.54) is 0 Å². The van der Waals surface area contributed by atoms with E-state index < -0.39 is 53.9 Å². The summed E-state index contributed by atoms with van der Waals surface area (Å²) in [6, 6.07) is -1.06. The molecule has 0 bridgehead atoms. The Morgan fingerprint density at radius 3 is 1.46 bits per heavy atom. The number of halogens is 9. The molecule has 0 aromatic heterocycles. The highest BCUT2D eigenvalue weighted by atomic mass is 19.4. The van der Waals surface area contributed by atoms with Gasteiger partial charge in [-0.15, -0.1) is 39.5 Å². The van der Waals surface area contributed by atoms with Gasteiger partial charge < -0.3 is 19.9 Å². The molecule has 1 unspecified atom stereocenters. The fourth-order valence-corrected chi connectivity index (χ4v) is 2.21. The fourth-order valence-electron chi connectivity index (χ4n) is 2.21. The van der Waals surface area contributed by atoms with Crippen molar-refractivity contribution in [2.45, 2.75) is 38.0 Å². The third-order valence-corrected chi connectivity index (χ3v) is 3.23.